The molecule has 4 rings (SSSR count). The molecule has 6 atom stereocenters. The highest BCUT2D eigenvalue weighted by atomic mass is 16.7. The van der Waals surface area contributed by atoms with Crippen molar-refractivity contribution in [1.82, 2.24) is 26.7 Å². The lowest BCUT2D eigenvalue weighted by molar-refractivity contribution is -0.525. The Balaban J connectivity index is 1.55. The number of nitrogens with zero attached hydrogens (tertiary/aromatic N) is 1. The van der Waals surface area contributed by atoms with E-state index in [1.165, 1.54) is 7.11 Å². The maximum absolute atomic E-state index is 13.6. The van der Waals surface area contributed by atoms with Gasteiger partial charge in [-0.1, -0.05) is 33.1 Å². The van der Waals surface area contributed by atoms with Gasteiger partial charge in [-0.2, -0.15) is 0 Å². The predicted octanol–water partition coefficient (Wildman–Crippen LogP) is 0.135. The number of guanidine groups is 1. The van der Waals surface area contributed by atoms with Crippen molar-refractivity contribution in [2.45, 2.75) is 90.4 Å². The number of methoxy groups -OCH3 is 1. The normalized spacial score (nSPS) is 25.8. The van der Waals surface area contributed by atoms with Crippen molar-refractivity contribution in [3.8, 4) is 0 Å². The lowest BCUT2D eigenvalue weighted by Gasteiger charge is -2.64. The van der Waals surface area contributed by atoms with Crippen LogP contribution in [0.3, 0.4) is 0 Å². The van der Waals surface area contributed by atoms with Gasteiger partial charge in [0.25, 0.3) is 5.96 Å². The summed E-state index contributed by atoms with van der Waals surface area (Å²) in [5.41, 5.74) is 1.43. The van der Waals surface area contributed by atoms with Gasteiger partial charge in [0.1, 0.15) is 12.6 Å². The largest absolute Gasteiger partial charge is 0.481 e. The molecule has 4 fully saturated rings. The topological polar surface area (TPSA) is 215 Å². The fourth-order valence-electron chi connectivity index (χ4n) is 6.80. The van der Waals surface area contributed by atoms with E-state index in [1.54, 1.807) is 5.43 Å². The third kappa shape index (κ3) is 9.74. The quantitative estimate of drug-likeness (QED) is 0.0296. The molecule has 4 aliphatic rings. The second-order valence-electron chi connectivity index (χ2n) is 13.3. The highest BCUT2D eigenvalue weighted by Gasteiger charge is 2.68. The van der Waals surface area contributed by atoms with Gasteiger partial charge in [0.15, 0.2) is 5.03 Å². The maximum Gasteiger partial charge on any atom is 0.481 e. The highest BCUT2D eigenvalue weighted by molar-refractivity contribution is 6.48. The molecule has 45 heavy (non-hydrogen) atoms. The van der Waals surface area contributed by atoms with Crippen LogP contribution in [0.15, 0.2) is 0 Å². The summed E-state index contributed by atoms with van der Waals surface area (Å²) >= 11 is 0. The van der Waals surface area contributed by atoms with Crippen LogP contribution in [0.5, 0.6) is 0 Å². The first kappa shape index (κ1) is 36.5. The number of hydrogen-bond donors (Lipinski definition) is 6. The number of carbonyl (C=O) groups excluding carboxylic acids is 3. The molecule has 3 saturated carbocycles. The standard InChI is InChI=1S/C28H50BN7O9/c1-17(2)12-22(29-44-21-14-18-13-20(27(18,3)4)28(21,5)45-29)34-25(39)19(33-26(30)35-36(40)41)8-7-9-31-23(37)15-32-24(38)16-43-11-10-42-6/h17-22H,7-16H2,1-6H3,(H,31,37)(H,32,38)(H,34,39)(H3,30,33,35)/t18-,19?,20-,21+,22?,28-/m0/s1. The third-order valence-corrected chi connectivity index (χ3v) is 9.29. The summed E-state index contributed by atoms with van der Waals surface area (Å²) in [7, 11) is 0.863. The molecule has 17 heteroatoms. The summed E-state index contributed by atoms with van der Waals surface area (Å²) in [6.45, 7) is 11.1. The van der Waals surface area contributed by atoms with E-state index in [1.807, 2.05) is 13.8 Å². The number of ether oxygens (including phenoxy) is 2. The highest BCUT2D eigenvalue weighted by Crippen LogP contribution is 2.65. The van der Waals surface area contributed by atoms with Gasteiger partial charge in [-0.3, -0.25) is 19.8 Å². The summed E-state index contributed by atoms with van der Waals surface area (Å²) < 4.78 is 23.0. The predicted molar refractivity (Wildman–Crippen MR) is 164 cm³/mol. The van der Waals surface area contributed by atoms with E-state index < -0.39 is 53.4 Å². The van der Waals surface area contributed by atoms with Crippen LogP contribution in [0.2, 0.25) is 0 Å². The zero-order valence-corrected chi connectivity index (χ0v) is 27.2. The molecule has 0 aromatic heterocycles. The monoisotopic (exact) mass is 639 g/mol. The van der Waals surface area contributed by atoms with E-state index in [0.717, 1.165) is 12.8 Å². The lowest BCUT2D eigenvalue weighted by Crippen LogP contribution is -2.65. The fraction of sp³-hybridized carbons (Fsp3) is 0.857. The summed E-state index contributed by atoms with van der Waals surface area (Å²) in [5.74, 6) is -1.34. The zero-order chi connectivity index (χ0) is 33.4. The SMILES string of the molecule is COCCOCC(=O)NCC(=O)NCCCC(NC(=N)N[N+](=O)[O-])C(=O)NC(CC(C)C)B1O[C@@H]2C[C@@H]3C[C@@H](C3(C)C)[C@]2(C)O1. The summed E-state index contributed by atoms with van der Waals surface area (Å²) in [6.07, 6.45) is 2.97. The average Bonchev–Trinajstić information content (AvgIpc) is 3.32. The lowest BCUT2D eigenvalue weighted by atomic mass is 9.43. The Labute approximate surface area is 264 Å². The summed E-state index contributed by atoms with van der Waals surface area (Å²) in [5, 5.41) is 28.6. The molecular weight excluding hydrogens is 589 g/mol. The number of carbonyl (C=O) groups is 3. The Morgan fingerprint density at radius 3 is 2.49 bits per heavy atom. The van der Waals surface area contributed by atoms with Crippen molar-refractivity contribution >= 4 is 30.8 Å². The van der Waals surface area contributed by atoms with Gasteiger partial charge in [0.2, 0.25) is 17.7 Å². The van der Waals surface area contributed by atoms with Crippen molar-refractivity contribution in [3.63, 3.8) is 0 Å². The molecular formula is C28H50BN7O9. The third-order valence-electron chi connectivity index (χ3n) is 9.29. The number of rotatable bonds is 18. The Bertz CT molecular complexity index is 1080. The second kappa shape index (κ2) is 16.0. The molecule has 1 heterocycles. The van der Waals surface area contributed by atoms with Crippen molar-refractivity contribution in [2.75, 3.05) is 40.0 Å². The van der Waals surface area contributed by atoms with Gasteiger partial charge in [-0.15, -0.1) is 0 Å². The van der Waals surface area contributed by atoms with Gasteiger partial charge in [-0.05, 0) is 62.2 Å². The molecule has 16 nitrogen and oxygen atoms in total. The number of nitro groups is 1. The first-order valence-corrected chi connectivity index (χ1v) is 15.7. The van der Waals surface area contributed by atoms with E-state index >= 15 is 0 Å². The van der Waals surface area contributed by atoms with Crippen LogP contribution in [-0.2, 0) is 33.2 Å². The molecule has 0 aromatic carbocycles. The van der Waals surface area contributed by atoms with E-state index in [2.05, 4.69) is 42.0 Å². The molecule has 2 bridgehead atoms. The van der Waals surface area contributed by atoms with Crippen molar-refractivity contribution in [1.29, 1.82) is 5.41 Å². The second-order valence-corrected chi connectivity index (χ2v) is 13.3. The molecule has 1 saturated heterocycles. The number of nitrogens with one attached hydrogen (secondary N) is 6. The van der Waals surface area contributed by atoms with Gasteiger partial charge in [0, 0.05) is 13.7 Å². The van der Waals surface area contributed by atoms with Crippen LogP contribution >= 0.6 is 0 Å². The van der Waals surface area contributed by atoms with Crippen LogP contribution in [0.4, 0.5) is 0 Å². The van der Waals surface area contributed by atoms with Crippen molar-refractivity contribution < 1.29 is 38.2 Å². The summed E-state index contributed by atoms with van der Waals surface area (Å²) in [4.78, 5) is 48.4. The van der Waals surface area contributed by atoms with Crippen LogP contribution in [0, 0.1) is 38.7 Å². The molecule has 254 valence electrons. The van der Waals surface area contributed by atoms with Crippen molar-refractivity contribution in [2.24, 2.45) is 23.2 Å². The van der Waals surface area contributed by atoms with Crippen LogP contribution in [0.25, 0.3) is 0 Å². The van der Waals surface area contributed by atoms with Crippen molar-refractivity contribution in [3.05, 3.63) is 10.1 Å². The minimum atomic E-state index is -1.02. The molecule has 3 amide bonds. The van der Waals surface area contributed by atoms with Crippen LogP contribution in [-0.4, -0.2) is 99.5 Å². The van der Waals surface area contributed by atoms with Gasteiger partial charge in [-0.25, -0.2) is 10.1 Å². The van der Waals surface area contributed by atoms with Gasteiger partial charge >= 0.3 is 7.12 Å². The minimum absolute atomic E-state index is 0.0613. The van der Waals surface area contributed by atoms with E-state index in [4.69, 9.17) is 24.2 Å². The zero-order valence-electron chi connectivity index (χ0n) is 27.2. The molecule has 0 aromatic rings. The van der Waals surface area contributed by atoms with E-state index in [9.17, 15) is 24.5 Å². The first-order chi connectivity index (χ1) is 21.2. The minimum Gasteiger partial charge on any atom is -0.404 e. The van der Waals surface area contributed by atoms with E-state index in [0.29, 0.717) is 31.3 Å². The number of hydrazine groups is 1. The van der Waals surface area contributed by atoms with Gasteiger partial charge in [0.05, 0.1) is 37.4 Å². The number of amides is 3. The Hall–Kier alpha value is -3.02. The van der Waals surface area contributed by atoms with Crippen LogP contribution in [0.1, 0.15) is 66.7 Å². The van der Waals surface area contributed by atoms with Gasteiger partial charge < -0.3 is 40.0 Å². The van der Waals surface area contributed by atoms with E-state index in [-0.39, 0.29) is 50.2 Å². The first-order valence-electron chi connectivity index (χ1n) is 15.7. The molecule has 3 aliphatic carbocycles. The molecule has 2 unspecified atom stereocenters. The average molecular weight is 640 g/mol. The summed E-state index contributed by atoms with van der Waals surface area (Å²) in [6, 6.07) is -1.02. The number of hydrogen-bond acceptors (Lipinski definition) is 10. The van der Waals surface area contributed by atoms with Crippen LogP contribution < -0.4 is 26.7 Å². The Kier molecular flexibility index (Phi) is 13.0. The molecule has 0 radical (unpaired) electrons. The Morgan fingerprint density at radius 1 is 1.11 bits per heavy atom. The smallest absolute Gasteiger partial charge is 0.404 e. The molecule has 6 N–H and O–H groups in total. The maximum atomic E-state index is 13.6. The molecule has 1 aliphatic heterocycles. The Morgan fingerprint density at radius 2 is 1.84 bits per heavy atom. The fourth-order valence-corrected chi connectivity index (χ4v) is 6.80. The molecule has 0 spiro atoms.